The molecule has 0 fully saturated rings. The molecule has 2 aromatic carbocycles. The molecule has 0 aliphatic rings. The highest BCUT2D eigenvalue weighted by atomic mass is 16.3. The molecule has 0 saturated heterocycles. The average molecular weight is 270 g/mol. The molecule has 0 heterocycles. The molecule has 1 amide bonds. The second-order valence-corrected chi connectivity index (χ2v) is 4.31. The topological polar surface area (TPSA) is 81.9 Å². The number of benzene rings is 2. The van der Waals surface area contributed by atoms with Gasteiger partial charge in [-0.2, -0.15) is 5.10 Å². The van der Waals surface area contributed by atoms with E-state index in [9.17, 15) is 15.0 Å². The normalized spacial score (nSPS) is 10.7. The Bertz CT molecular complexity index is 666. The van der Waals surface area contributed by atoms with E-state index >= 15 is 0 Å². The number of carbonyl (C=O) groups excluding carboxylic acids is 1. The Morgan fingerprint density at radius 3 is 2.75 bits per heavy atom. The van der Waals surface area contributed by atoms with Crippen molar-refractivity contribution in [2.24, 2.45) is 5.10 Å². The lowest BCUT2D eigenvalue weighted by Crippen LogP contribution is -2.17. The number of nitrogens with one attached hydrogen (secondary N) is 1. The van der Waals surface area contributed by atoms with Crippen LogP contribution in [0.2, 0.25) is 0 Å². The van der Waals surface area contributed by atoms with Crippen molar-refractivity contribution in [3.05, 3.63) is 59.2 Å². The Morgan fingerprint density at radius 1 is 1.20 bits per heavy atom. The van der Waals surface area contributed by atoms with Crippen LogP contribution in [0.4, 0.5) is 0 Å². The minimum atomic E-state index is -0.343. The van der Waals surface area contributed by atoms with Crippen LogP contribution in [-0.4, -0.2) is 22.3 Å². The molecule has 0 unspecified atom stereocenters. The fraction of sp³-hybridized carbons (Fsp3) is 0.0667. The van der Waals surface area contributed by atoms with Gasteiger partial charge in [-0.1, -0.05) is 17.7 Å². The number of phenols is 2. The van der Waals surface area contributed by atoms with Crippen LogP contribution >= 0.6 is 0 Å². The molecule has 0 bridgehead atoms. The van der Waals surface area contributed by atoms with E-state index < -0.39 is 0 Å². The fourth-order valence-electron chi connectivity index (χ4n) is 1.66. The second kappa shape index (κ2) is 5.88. The van der Waals surface area contributed by atoms with Crippen molar-refractivity contribution in [3.8, 4) is 11.5 Å². The minimum Gasteiger partial charge on any atom is -0.508 e. The lowest BCUT2D eigenvalue weighted by Gasteiger charge is -2.02. The van der Waals surface area contributed by atoms with Gasteiger partial charge in [0.1, 0.15) is 11.5 Å². The molecule has 0 spiro atoms. The third kappa shape index (κ3) is 3.35. The summed E-state index contributed by atoms with van der Waals surface area (Å²) in [4.78, 5) is 11.8. The number of aromatic hydroxyl groups is 2. The Morgan fingerprint density at radius 2 is 2.00 bits per heavy atom. The van der Waals surface area contributed by atoms with Crippen LogP contribution in [0.5, 0.6) is 11.5 Å². The highest BCUT2D eigenvalue weighted by molar-refractivity contribution is 5.95. The molecule has 0 aliphatic carbocycles. The van der Waals surface area contributed by atoms with E-state index in [1.807, 2.05) is 13.0 Å². The Hall–Kier alpha value is -2.82. The number of phenolic OH excluding ortho intramolecular Hbond substituents is 2. The van der Waals surface area contributed by atoms with Crippen LogP contribution in [0.25, 0.3) is 0 Å². The van der Waals surface area contributed by atoms with Crippen molar-refractivity contribution in [2.75, 3.05) is 0 Å². The first-order chi connectivity index (χ1) is 9.56. The van der Waals surface area contributed by atoms with Crippen LogP contribution in [-0.2, 0) is 0 Å². The highest BCUT2D eigenvalue weighted by Crippen LogP contribution is 2.19. The van der Waals surface area contributed by atoms with E-state index in [4.69, 9.17) is 0 Å². The van der Waals surface area contributed by atoms with E-state index in [2.05, 4.69) is 10.5 Å². The smallest absolute Gasteiger partial charge is 0.271 e. The first-order valence-corrected chi connectivity index (χ1v) is 5.98. The van der Waals surface area contributed by atoms with Gasteiger partial charge in [0.05, 0.1) is 6.21 Å². The standard InChI is InChI=1S/C15H14N2O3/c1-10-3-2-4-11(7-10)15(20)17-16-9-12-8-13(18)5-6-14(12)19/h2-9,18-19H,1H3,(H,17,20)/b16-9-. The zero-order valence-electron chi connectivity index (χ0n) is 10.9. The number of hydrazone groups is 1. The number of carbonyl (C=O) groups is 1. The average Bonchev–Trinajstić information content (AvgIpc) is 2.42. The molecule has 0 aliphatic heterocycles. The highest BCUT2D eigenvalue weighted by Gasteiger charge is 2.04. The molecule has 5 heteroatoms. The van der Waals surface area contributed by atoms with Crippen molar-refractivity contribution in [1.82, 2.24) is 5.43 Å². The van der Waals surface area contributed by atoms with Crippen LogP contribution in [0, 0.1) is 6.92 Å². The summed E-state index contributed by atoms with van der Waals surface area (Å²) in [5.41, 5.74) is 4.15. The van der Waals surface area contributed by atoms with Crippen molar-refractivity contribution < 1.29 is 15.0 Å². The maximum absolute atomic E-state index is 11.8. The van der Waals surface area contributed by atoms with Gasteiger partial charge >= 0.3 is 0 Å². The number of hydrogen-bond donors (Lipinski definition) is 3. The molecule has 2 rings (SSSR count). The molecule has 2 aromatic rings. The van der Waals surface area contributed by atoms with E-state index in [1.54, 1.807) is 18.2 Å². The molecular weight excluding hydrogens is 256 g/mol. The summed E-state index contributed by atoms with van der Waals surface area (Å²) in [5.74, 6) is -0.366. The lowest BCUT2D eigenvalue weighted by molar-refractivity contribution is 0.0955. The van der Waals surface area contributed by atoms with E-state index in [-0.39, 0.29) is 17.4 Å². The van der Waals surface area contributed by atoms with Crippen LogP contribution < -0.4 is 5.43 Å². The molecule has 3 N–H and O–H groups in total. The minimum absolute atomic E-state index is 0.00857. The summed E-state index contributed by atoms with van der Waals surface area (Å²) < 4.78 is 0. The van der Waals surface area contributed by atoms with Crippen LogP contribution in [0.15, 0.2) is 47.6 Å². The lowest BCUT2D eigenvalue weighted by atomic mass is 10.1. The number of hydrogen-bond acceptors (Lipinski definition) is 4. The van der Waals surface area contributed by atoms with Gasteiger partial charge in [-0.25, -0.2) is 5.43 Å². The quantitative estimate of drug-likeness (QED) is 0.454. The summed E-state index contributed by atoms with van der Waals surface area (Å²) in [7, 11) is 0. The predicted octanol–water partition coefficient (Wildman–Crippen LogP) is 2.17. The van der Waals surface area contributed by atoms with Crippen molar-refractivity contribution in [3.63, 3.8) is 0 Å². The number of amides is 1. The van der Waals surface area contributed by atoms with E-state index in [0.29, 0.717) is 11.1 Å². The number of aryl methyl sites for hydroxylation is 1. The molecule has 5 nitrogen and oxygen atoms in total. The van der Waals surface area contributed by atoms with Gasteiger partial charge in [-0.05, 0) is 37.3 Å². The summed E-state index contributed by atoms with van der Waals surface area (Å²) >= 11 is 0. The number of nitrogens with zero attached hydrogens (tertiary/aromatic N) is 1. The SMILES string of the molecule is Cc1cccc(C(=O)N/N=C\c2cc(O)ccc2O)c1. The first-order valence-electron chi connectivity index (χ1n) is 5.98. The molecule has 20 heavy (non-hydrogen) atoms. The predicted molar refractivity (Wildman–Crippen MR) is 76.0 cm³/mol. The van der Waals surface area contributed by atoms with Crippen LogP contribution in [0.3, 0.4) is 0 Å². The maximum Gasteiger partial charge on any atom is 0.271 e. The van der Waals surface area contributed by atoms with Crippen molar-refractivity contribution in [1.29, 1.82) is 0 Å². The molecule has 0 saturated carbocycles. The Balaban J connectivity index is 2.06. The zero-order chi connectivity index (χ0) is 14.5. The van der Waals surface area contributed by atoms with Gasteiger partial charge in [0, 0.05) is 11.1 Å². The Kier molecular flexibility index (Phi) is 4.00. The fourth-order valence-corrected chi connectivity index (χ4v) is 1.66. The van der Waals surface area contributed by atoms with Crippen molar-refractivity contribution in [2.45, 2.75) is 6.92 Å². The van der Waals surface area contributed by atoms with Gasteiger partial charge in [0.15, 0.2) is 0 Å². The van der Waals surface area contributed by atoms with Gasteiger partial charge < -0.3 is 10.2 Å². The van der Waals surface area contributed by atoms with Gasteiger partial charge in [-0.3, -0.25) is 4.79 Å². The third-order valence-corrected chi connectivity index (χ3v) is 2.66. The summed E-state index contributed by atoms with van der Waals surface area (Å²) in [5, 5.41) is 22.6. The maximum atomic E-state index is 11.8. The van der Waals surface area contributed by atoms with Gasteiger partial charge in [0.2, 0.25) is 0 Å². The van der Waals surface area contributed by atoms with Crippen LogP contribution in [0.1, 0.15) is 21.5 Å². The molecule has 0 radical (unpaired) electrons. The monoisotopic (exact) mass is 270 g/mol. The second-order valence-electron chi connectivity index (χ2n) is 4.31. The largest absolute Gasteiger partial charge is 0.508 e. The summed E-state index contributed by atoms with van der Waals surface area (Å²) in [6.45, 7) is 1.89. The summed E-state index contributed by atoms with van der Waals surface area (Å²) in [6, 6.07) is 11.2. The first kappa shape index (κ1) is 13.6. The molecule has 0 aromatic heterocycles. The van der Waals surface area contributed by atoms with Crippen molar-refractivity contribution >= 4 is 12.1 Å². The zero-order valence-corrected chi connectivity index (χ0v) is 10.9. The Labute approximate surface area is 116 Å². The molecular formula is C15H14N2O3. The third-order valence-electron chi connectivity index (χ3n) is 2.66. The van der Waals surface area contributed by atoms with E-state index in [0.717, 1.165) is 5.56 Å². The molecule has 0 atom stereocenters. The number of rotatable bonds is 3. The van der Waals surface area contributed by atoms with Gasteiger partial charge in [0.25, 0.3) is 5.91 Å². The summed E-state index contributed by atoms with van der Waals surface area (Å²) in [6.07, 6.45) is 1.27. The van der Waals surface area contributed by atoms with E-state index in [1.165, 1.54) is 24.4 Å². The van der Waals surface area contributed by atoms with Gasteiger partial charge in [-0.15, -0.1) is 0 Å². The molecule has 102 valence electrons.